The van der Waals surface area contributed by atoms with Crippen molar-refractivity contribution in [2.24, 2.45) is 0 Å². The summed E-state index contributed by atoms with van der Waals surface area (Å²) < 4.78 is 32.7. The molecule has 0 spiro atoms. The van der Waals surface area contributed by atoms with E-state index in [2.05, 4.69) is 25.2 Å². The minimum atomic E-state index is -4.14. The van der Waals surface area contributed by atoms with Crippen molar-refractivity contribution < 1.29 is 22.4 Å². The van der Waals surface area contributed by atoms with Gasteiger partial charge in [0.05, 0.1) is 18.0 Å². The molecule has 0 aliphatic rings. The molecule has 0 rings (SSSR count). The van der Waals surface area contributed by atoms with Gasteiger partial charge >= 0.3 is 7.82 Å². The molecule has 7 heteroatoms. The van der Waals surface area contributed by atoms with E-state index in [1.807, 2.05) is 0 Å². The molecule has 0 aliphatic heterocycles. The van der Waals surface area contributed by atoms with Crippen molar-refractivity contribution in [1.29, 1.82) is 0 Å². The van der Waals surface area contributed by atoms with E-state index >= 15 is 0 Å². The fraction of sp³-hybridized carbons (Fsp3) is 1.00. The Balaban J connectivity index is 3.94. The van der Waals surface area contributed by atoms with E-state index in [0.717, 1.165) is 0 Å². The van der Waals surface area contributed by atoms with Crippen LogP contribution in [-0.2, 0) is 17.9 Å². The molecule has 0 aromatic carbocycles. The topological polar surface area (TPSA) is 44.8 Å². The molecule has 0 aromatic rings. The van der Waals surface area contributed by atoms with E-state index in [4.69, 9.17) is 0 Å². The zero-order valence-corrected chi connectivity index (χ0v) is 7.06. The molecule has 0 heterocycles. The predicted octanol–water partition coefficient (Wildman–Crippen LogP) is 2.59. The van der Waals surface area contributed by atoms with Gasteiger partial charge in [-0.05, 0) is 18.4 Å². The van der Waals surface area contributed by atoms with E-state index in [0.29, 0.717) is 0 Å². The first-order chi connectivity index (χ1) is 4.54. The van der Waals surface area contributed by atoms with Crippen LogP contribution in [0.2, 0.25) is 0 Å². The molecular weight excluding hydrogens is 185 g/mol. The van der Waals surface area contributed by atoms with Crippen LogP contribution in [0.3, 0.4) is 0 Å². The molecule has 0 amide bonds. The summed E-state index contributed by atoms with van der Waals surface area (Å²) in [6, 6.07) is 0. The Morgan fingerprint density at radius 2 is 2.10 bits per heavy atom. The lowest BCUT2D eigenvalue weighted by Gasteiger charge is -2.10. The van der Waals surface area contributed by atoms with Gasteiger partial charge in [-0.3, -0.25) is 4.52 Å². The van der Waals surface area contributed by atoms with Crippen LogP contribution in [0.15, 0.2) is 0 Å². The van der Waals surface area contributed by atoms with Crippen molar-refractivity contribution in [1.82, 2.24) is 0 Å². The number of phosphoric acid groups is 1. The molecule has 0 bridgehead atoms. The Morgan fingerprint density at radius 1 is 1.60 bits per heavy atom. The third-order valence-corrected chi connectivity index (χ3v) is 2.03. The number of halogens is 2. The summed E-state index contributed by atoms with van der Waals surface area (Å²) in [6.07, 6.45) is -0.486. The van der Waals surface area contributed by atoms with Gasteiger partial charge < -0.3 is 0 Å². The highest BCUT2D eigenvalue weighted by atomic mass is 35.5. The first kappa shape index (κ1) is 10.3. The molecule has 0 aromatic heterocycles. The molecule has 62 valence electrons. The van der Waals surface area contributed by atoms with E-state index in [1.165, 1.54) is 13.8 Å². The highest BCUT2D eigenvalue weighted by molar-refractivity contribution is 7.49. The second-order valence-electron chi connectivity index (χ2n) is 1.74. The molecule has 0 saturated carbocycles. The Kier molecular flexibility index (Phi) is 4.40. The summed E-state index contributed by atoms with van der Waals surface area (Å²) in [5.41, 5.74) is 0. The maximum absolute atomic E-state index is 11.3. The smallest absolute Gasteiger partial charge is 0.282 e. The molecular formula is C3H7ClFO4P. The van der Waals surface area contributed by atoms with E-state index in [1.54, 1.807) is 0 Å². The van der Waals surface area contributed by atoms with Crippen LogP contribution in [0, 0.1) is 0 Å². The number of rotatable bonds is 4. The largest absolute Gasteiger partial charge is 0.522 e. The van der Waals surface area contributed by atoms with Crippen LogP contribution in [0.4, 0.5) is 4.53 Å². The van der Waals surface area contributed by atoms with Crippen molar-refractivity contribution in [2.45, 2.75) is 20.0 Å². The van der Waals surface area contributed by atoms with Crippen LogP contribution in [-0.4, -0.2) is 6.10 Å². The monoisotopic (exact) mass is 192 g/mol. The first-order valence-electron chi connectivity index (χ1n) is 2.43. The molecule has 0 aliphatic carbocycles. The number of hydrogen-bond acceptors (Lipinski definition) is 4. The van der Waals surface area contributed by atoms with Gasteiger partial charge in [0.15, 0.2) is 0 Å². The van der Waals surface area contributed by atoms with Crippen molar-refractivity contribution in [3.63, 3.8) is 0 Å². The van der Waals surface area contributed by atoms with Gasteiger partial charge in [-0.25, -0.2) is 4.57 Å². The molecule has 1 unspecified atom stereocenters. The summed E-state index contributed by atoms with van der Waals surface area (Å²) in [6.45, 7) is 3.06. The maximum atomic E-state index is 11.3. The summed E-state index contributed by atoms with van der Waals surface area (Å²) in [5, 5.41) is 0. The fourth-order valence-electron chi connectivity index (χ4n) is 0.301. The van der Waals surface area contributed by atoms with Crippen molar-refractivity contribution >= 4 is 19.7 Å². The summed E-state index contributed by atoms with van der Waals surface area (Å²) in [4.78, 5) is 0. The lowest BCUT2D eigenvalue weighted by Crippen LogP contribution is -2.00. The quantitative estimate of drug-likeness (QED) is 0.642. The highest BCUT2D eigenvalue weighted by Gasteiger charge is 2.29. The lowest BCUT2D eigenvalue weighted by atomic mass is 10.5. The lowest BCUT2D eigenvalue weighted by molar-refractivity contribution is -0.0495. The van der Waals surface area contributed by atoms with Crippen molar-refractivity contribution in [3.05, 3.63) is 0 Å². The molecule has 0 fully saturated rings. The first-order valence-corrected chi connectivity index (χ1v) is 4.20. The summed E-state index contributed by atoms with van der Waals surface area (Å²) >= 11 is 4.60. The van der Waals surface area contributed by atoms with Gasteiger partial charge in [0, 0.05) is 0 Å². The van der Waals surface area contributed by atoms with E-state index in [9.17, 15) is 9.09 Å². The van der Waals surface area contributed by atoms with E-state index in [-0.39, 0.29) is 0 Å². The predicted molar refractivity (Wildman–Crippen MR) is 33.0 cm³/mol. The third kappa shape index (κ3) is 3.49. The minimum Gasteiger partial charge on any atom is -0.282 e. The molecule has 10 heavy (non-hydrogen) atoms. The average molecular weight is 193 g/mol. The summed E-state index contributed by atoms with van der Waals surface area (Å²) in [5.74, 6) is 0. The molecule has 0 radical (unpaired) electrons. The molecule has 4 nitrogen and oxygen atoms in total. The zero-order chi connectivity index (χ0) is 8.20. The SMILES string of the molecule is CC(C)OP(=O)(OF)OCl. The minimum absolute atomic E-state index is 0.486. The van der Waals surface area contributed by atoms with Gasteiger partial charge in [-0.15, -0.1) is 0 Å². The Labute approximate surface area is 62.9 Å². The van der Waals surface area contributed by atoms with Crippen LogP contribution in [0.25, 0.3) is 0 Å². The van der Waals surface area contributed by atoms with Crippen molar-refractivity contribution in [3.8, 4) is 0 Å². The Bertz CT molecular complexity index is 132. The normalized spacial score (nSPS) is 17.3. The van der Waals surface area contributed by atoms with Gasteiger partial charge in [-0.1, -0.05) is 4.73 Å². The standard InChI is InChI=1S/C3H7ClFO4P/c1-3(2)7-10(6,8-4)9-5/h3H,1-2H3. The summed E-state index contributed by atoms with van der Waals surface area (Å²) in [7, 11) is -4.14. The molecule has 1 atom stereocenters. The zero-order valence-electron chi connectivity index (χ0n) is 5.41. The van der Waals surface area contributed by atoms with Gasteiger partial charge in [-0.2, -0.15) is 4.08 Å². The molecule has 0 N–H and O–H groups in total. The highest BCUT2D eigenvalue weighted by Crippen LogP contribution is 2.51. The maximum Gasteiger partial charge on any atom is 0.522 e. The van der Waals surface area contributed by atoms with Crippen LogP contribution in [0.5, 0.6) is 0 Å². The second-order valence-corrected chi connectivity index (χ2v) is 3.53. The molecule has 0 saturated heterocycles. The van der Waals surface area contributed by atoms with Gasteiger partial charge in [0.1, 0.15) is 0 Å². The van der Waals surface area contributed by atoms with Crippen LogP contribution >= 0.6 is 19.7 Å². The Hall–Kier alpha value is 0.330. The number of hydrogen-bond donors (Lipinski definition) is 0. The Morgan fingerprint density at radius 3 is 2.20 bits per heavy atom. The third-order valence-electron chi connectivity index (χ3n) is 0.509. The van der Waals surface area contributed by atoms with Gasteiger partial charge in [0.25, 0.3) is 0 Å². The second kappa shape index (κ2) is 4.26. The fourth-order valence-corrected chi connectivity index (χ4v) is 1.07. The average Bonchev–Trinajstić information content (AvgIpc) is 1.87. The van der Waals surface area contributed by atoms with Crippen LogP contribution < -0.4 is 0 Å². The van der Waals surface area contributed by atoms with Crippen LogP contribution in [0.1, 0.15) is 13.8 Å². The van der Waals surface area contributed by atoms with E-state index < -0.39 is 13.9 Å². The van der Waals surface area contributed by atoms with Gasteiger partial charge in [0.2, 0.25) is 0 Å². The van der Waals surface area contributed by atoms with Crippen molar-refractivity contribution in [2.75, 3.05) is 0 Å².